The highest BCUT2D eigenvalue weighted by atomic mass is 16.7. The van der Waals surface area contributed by atoms with Gasteiger partial charge in [-0.05, 0) is 31.5 Å². The Labute approximate surface area is 116 Å². The number of hydrogen-bond acceptors (Lipinski definition) is 4. The van der Waals surface area contributed by atoms with Crippen molar-refractivity contribution in [1.82, 2.24) is 5.32 Å². The minimum atomic E-state index is -0.156. The van der Waals surface area contributed by atoms with Crippen LogP contribution in [0.25, 0.3) is 0 Å². The number of anilines is 1. The molecule has 108 valence electrons. The van der Waals surface area contributed by atoms with Crippen LogP contribution >= 0.6 is 0 Å². The first-order valence-corrected chi connectivity index (χ1v) is 6.87. The fraction of sp³-hybridized carbons (Fsp3) is 0.600. The smallest absolute Gasteiger partial charge is 0.169 e. The van der Waals surface area contributed by atoms with Crippen LogP contribution in [0.3, 0.4) is 0 Å². The van der Waals surface area contributed by atoms with Crippen molar-refractivity contribution in [2.75, 3.05) is 38.8 Å². The van der Waals surface area contributed by atoms with Crippen LogP contribution in [0.1, 0.15) is 19.4 Å². The number of nitrogens with zero attached hydrogens (tertiary/aromatic N) is 1. The molecule has 4 nitrogen and oxygen atoms in total. The van der Waals surface area contributed by atoms with Crippen LogP contribution < -0.4 is 10.2 Å². The van der Waals surface area contributed by atoms with Crippen LogP contribution in [-0.2, 0) is 16.0 Å². The van der Waals surface area contributed by atoms with Crippen LogP contribution in [0.5, 0.6) is 0 Å². The van der Waals surface area contributed by atoms with E-state index < -0.39 is 0 Å². The Bertz CT molecular complexity index is 333. The third kappa shape index (κ3) is 6.05. The van der Waals surface area contributed by atoms with Gasteiger partial charge in [0.05, 0.1) is 0 Å². The summed E-state index contributed by atoms with van der Waals surface area (Å²) in [6, 6.07) is 8.52. The molecule has 0 aromatic heterocycles. The second-order valence-electron chi connectivity index (χ2n) is 4.53. The van der Waals surface area contributed by atoms with Gasteiger partial charge in [0, 0.05) is 46.1 Å². The van der Waals surface area contributed by atoms with Crippen molar-refractivity contribution in [1.29, 1.82) is 0 Å². The van der Waals surface area contributed by atoms with Crippen molar-refractivity contribution in [3.05, 3.63) is 29.8 Å². The van der Waals surface area contributed by atoms with Gasteiger partial charge in [-0.3, -0.25) is 0 Å². The van der Waals surface area contributed by atoms with Crippen molar-refractivity contribution in [3.63, 3.8) is 0 Å². The molecule has 0 aliphatic rings. The SMILES string of the molecule is CCOC(CNCc1ccc(N(C)C)cc1)OCC. The van der Waals surface area contributed by atoms with E-state index >= 15 is 0 Å². The van der Waals surface area contributed by atoms with Gasteiger partial charge >= 0.3 is 0 Å². The van der Waals surface area contributed by atoms with Gasteiger partial charge < -0.3 is 19.7 Å². The summed E-state index contributed by atoms with van der Waals surface area (Å²) in [7, 11) is 4.09. The highest BCUT2D eigenvalue weighted by Crippen LogP contribution is 2.11. The third-order valence-corrected chi connectivity index (χ3v) is 2.80. The lowest BCUT2D eigenvalue weighted by atomic mass is 10.2. The molecule has 0 fully saturated rings. The number of hydrogen-bond donors (Lipinski definition) is 1. The monoisotopic (exact) mass is 266 g/mol. The van der Waals surface area contributed by atoms with Crippen LogP contribution in [0.2, 0.25) is 0 Å². The molecular weight excluding hydrogens is 240 g/mol. The molecule has 0 radical (unpaired) electrons. The second-order valence-corrected chi connectivity index (χ2v) is 4.53. The lowest BCUT2D eigenvalue weighted by Crippen LogP contribution is -2.31. The standard InChI is InChI=1S/C15H26N2O2/c1-5-18-15(19-6-2)12-16-11-13-7-9-14(10-8-13)17(3)4/h7-10,15-16H,5-6,11-12H2,1-4H3. The molecule has 0 amide bonds. The number of benzene rings is 1. The fourth-order valence-corrected chi connectivity index (χ4v) is 1.78. The predicted octanol–water partition coefficient (Wildman–Crippen LogP) is 2.24. The lowest BCUT2D eigenvalue weighted by Gasteiger charge is -2.17. The molecule has 1 rings (SSSR count). The molecule has 0 unspecified atom stereocenters. The van der Waals surface area contributed by atoms with E-state index in [2.05, 4.69) is 34.5 Å². The molecule has 1 aromatic carbocycles. The maximum Gasteiger partial charge on any atom is 0.169 e. The van der Waals surface area contributed by atoms with Gasteiger partial charge in [0.2, 0.25) is 0 Å². The quantitative estimate of drug-likeness (QED) is 0.695. The highest BCUT2D eigenvalue weighted by Gasteiger charge is 2.06. The summed E-state index contributed by atoms with van der Waals surface area (Å²) >= 11 is 0. The highest BCUT2D eigenvalue weighted by molar-refractivity contribution is 5.45. The zero-order valence-corrected chi connectivity index (χ0v) is 12.5. The maximum atomic E-state index is 5.48. The van der Waals surface area contributed by atoms with Crippen molar-refractivity contribution < 1.29 is 9.47 Å². The largest absolute Gasteiger partial charge is 0.378 e. The molecule has 0 spiro atoms. The Morgan fingerprint density at radius 3 is 2.11 bits per heavy atom. The Morgan fingerprint density at radius 1 is 1.05 bits per heavy atom. The number of ether oxygens (including phenoxy) is 2. The molecule has 0 saturated carbocycles. The third-order valence-electron chi connectivity index (χ3n) is 2.80. The average molecular weight is 266 g/mol. The van der Waals surface area contributed by atoms with Crippen molar-refractivity contribution in [3.8, 4) is 0 Å². The number of nitrogens with one attached hydrogen (secondary N) is 1. The van der Waals surface area contributed by atoms with E-state index in [9.17, 15) is 0 Å². The van der Waals surface area contributed by atoms with Gasteiger partial charge in [0.15, 0.2) is 6.29 Å². The summed E-state index contributed by atoms with van der Waals surface area (Å²) < 4.78 is 11.0. The van der Waals surface area contributed by atoms with Gasteiger partial charge in [-0.25, -0.2) is 0 Å². The molecule has 4 heteroatoms. The van der Waals surface area contributed by atoms with Crippen molar-refractivity contribution in [2.45, 2.75) is 26.7 Å². The zero-order chi connectivity index (χ0) is 14.1. The fourth-order valence-electron chi connectivity index (χ4n) is 1.78. The van der Waals surface area contributed by atoms with Gasteiger partial charge in [-0.1, -0.05) is 12.1 Å². The molecule has 0 bridgehead atoms. The minimum absolute atomic E-state index is 0.156. The Balaban J connectivity index is 2.35. The van der Waals surface area contributed by atoms with E-state index in [-0.39, 0.29) is 6.29 Å². The van der Waals surface area contributed by atoms with E-state index in [0.717, 1.165) is 6.54 Å². The summed E-state index contributed by atoms with van der Waals surface area (Å²) in [5.74, 6) is 0. The Hall–Kier alpha value is -1.10. The van der Waals surface area contributed by atoms with Crippen molar-refractivity contribution >= 4 is 5.69 Å². The van der Waals surface area contributed by atoms with E-state index in [1.54, 1.807) is 0 Å². The molecule has 1 aromatic rings. The molecule has 0 heterocycles. The predicted molar refractivity (Wildman–Crippen MR) is 79.5 cm³/mol. The average Bonchev–Trinajstić information content (AvgIpc) is 2.40. The van der Waals surface area contributed by atoms with E-state index in [4.69, 9.17) is 9.47 Å². The second kappa shape index (κ2) is 8.91. The maximum absolute atomic E-state index is 5.48. The van der Waals surface area contributed by atoms with Crippen LogP contribution in [0, 0.1) is 0 Å². The van der Waals surface area contributed by atoms with Crippen molar-refractivity contribution in [2.24, 2.45) is 0 Å². The summed E-state index contributed by atoms with van der Waals surface area (Å²) in [5, 5.41) is 3.36. The van der Waals surface area contributed by atoms with Gasteiger partial charge in [-0.2, -0.15) is 0 Å². The lowest BCUT2D eigenvalue weighted by molar-refractivity contribution is -0.133. The van der Waals surface area contributed by atoms with Gasteiger partial charge in [0.25, 0.3) is 0 Å². The molecule has 0 aliphatic heterocycles. The summed E-state index contributed by atoms with van der Waals surface area (Å²) in [6.45, 7) is 6.83. The van der Waals surface area contributed by atoms with Crippen LogP contribution in [0.4, 0.5) is 5.69 Å². The van der Waals surface area contributed by atoms with Gasteiger partial charge in [0.1, 0.15) is 0 Å². The molecule has 0 atom stereocenters. The van der Waals surface area contributed by atoms with Crippen LogP contribution in [-0.4, -0.2) is 40.1 Å². The minimum Gasteiger partial charge on any atom is -0.378 e. The molecule has 1 N–H and O–H groups in total. The Morgan fingerprint density at radius 2 is 1.63 bits per heavy atom. The molecule has 0 saturated heterocycles. The van der Waals surface area contributed by atoms with Gasteiger partial charge in [-0.15, -0.1) is 0 Å². The summed E-state index contributed by atoms with van der Waals surface area (Å²) in [5.41, 5.74) is 2.47. The van der Waals surface area contributed by atoms with E-state index in [1.807, 2.05) is 27.9 Å². The normalized spacial score (nSPS) is 11.0. The zero-order valence-electron chi connectivity index (χ0n) is 12.5. The molecule has 0 aliphatic carbocycles. The molecule has 19 heavy (non-hydrogen) atoms. The number of rotatable bonds is 9. The van der Waals surface area contributed by atoms with E-state index in [0.29, 0.717) is 19.8 Å². The summed E-state index contributed by atoms with van der Waals surface area (Å²) in [6.07, 6.45) is -0.156. The van der Waals surface area contributed by atoms with E-state index in [1.165, 1.54) is 11.3 Å². The van der Waals surface area contributed by atoms with Crippen LogP contribution in [0.15, 0.2) is 24.3 Å². The first-order valence-electron chi connectivity index (χ1n) is 6.87. The first-order chi connectivity index (χ1) is 9.17. The molecular formula is C15H26N2O2. The Kier molecular flexibility index (Phi) is 7.48. The topological polar surface area (TPSA) is 33.7 Å². The first kappa shape index (κ1) is 16.0. The summed E-state index contributed by atoms with van der Waals surface area (Å²) in [4.78, 5) is 2.09.